The summed E-state index contributed by atoms with van der Waals surface area (Å²) >= 11 is 8.66. The zero-order valence-electron chi connectivity index (χ0n) is 19.1. The molecular weight excluding hydrogens is 525 g/mol. The van der Waals surface area contributed by atoms with Crippen LogP contribution in [0.15, 0.2) is 36.5 Å². The number of aryl methyl sites for hydroxylation is 1. The van der Waals surface area contributed by atoms with E-state index >= 15 is 0 Å². The lowest BCUT2D eigenvalue weighted by atomic mass is 10.0. The number of anilines is 1. The zero-order valence-corrected chi connectivity index (χ0v) is 21.5. The van der Waals surface area contributed by atoms with Gasteiger partial charge in [-0.3, -0.25) is 14.8 Å². The summed E-state index contributed by atoms with van der Waals surface area (Å²) in [6.45, 7) is 1.72. The Hall–Kier alpha value is -3.39. The summed E-state index contributed by atoms with van der Waals surface area (Å²) in [6.07, 6.45) is 1.16. The van der Waals surface area contributed by atoms with E-state index in [1.165, 1.54) is 33.6 Å². The molecule has 1 aliphatic carbocycles. The molecule has 1 aliphatic rings. The summed E-state index contributed by atoms with van der Waals surface area (Å²) in [7, 11) is 1.66. The molecule has 3 heterocycles. The number of nitrogens with zero attached hydrogens (tertiary/aromatic N) is 2. The smallest absolute Gasteiger partial charge is 0.413 e. The van der Waals surface area contributed by atoms with Crippen LogP contribution in [-0.2, 0) is 22.0 Å². The van der Waals surface area contributed by atoms with Crippen molar-refractivity contribution in [2.24, 2.45) is 7.05 Å². The van der Waals surface area contributed by atoms with Gasteiger partial charge in [0.05, 0.1) is 25.5 Å². The topological polar surface area (TPSA) is 93.4 Å². The van der Waals surface area contributed by atoms with Gasteiger partial charge in [-0.2, -0.15) is 5.10 Å². The minimum atomic E-state index is -1.08. The first kappa shape index (κ1) is 24.3. The van der Waals surface area contributed by atoms with Crippen LogP contribution >= 0.6 is 34.3 Å². The number of thiophene rings is 2. The summed E-state index contributed by atoms with van der Waals surface area (Å²) in [5.74, 6) is 4.86. The van der Waals surface area contributed by atoms with Crippen molar-refractivity contribution in [1.29, 1.82) is 0 Å². The highest BCUT2D eigenvalue weighted by molar-refractivity contribution is 7.38. The Morgan fingerprint density at radius 2 is 2.06 bits per heavy atom. The van der Waals surface area contributed by atoms with E-state index < -0.39 is 29.4 Å². The fraction of sp³-hybridized carbons (Fsp3) is 0.240. The number of ether oxygens (including phenoxy) is 1. The molecule has 0 aliphatic heterocycles. The van der Waals surface area contributed by atoms with Gasteiger partial charge in [-0.1, -0.05) is 41.6 Å². The number of hydrogen-bond donors (Lipinski definition) is 2. The van der Waals surface area contributed by atoms with E-state index in [1.54, 1.807) is 38.2 Å². The average molecular weight is 544 g/mol. The van der Waals surface area contributed by atoms with E-state index in [0.717, 1.165) is 0 Å². The van der Waals surface area contributed by atoms with Crippen molar-refractivity contribution in [3.05, 3.63) is 68.2 Å². The Bertz CT molecular complexity index is 1570. The Labute approximate surface area is 218 Å². The van der Waals surface area contributed by atoms with Gasteiger partial charge in [-0.15, -0.1) is 22.7 Å². The fourth-order valence-corrected chi connectivity index (χ4v) is 6.70. The minimum absolute atomic E-state index is 0.291. The largest absolute Gasteiger partial charge is 0.481 e. The van der Waals surface area contributed by atoms with Gasteiger partial charge in [0, 0.05) is 23.0 Å². The first-order chi connectivity index (χ1) is 17.2. The van der Waals surface area contributed by atoms with Gasteiger partial charge in [-0.25, -0.2) is 9.18 Å². The van der Waals surface area contributed by atoms with Crippen LogP contribution in [0.4, 0.5) is 15.0 Å². The summed E-state index contributed by atoms with van der Waals surface area (Å²) in [5.41, 5.74) is 0.0667. The Balaban J connectivity index is 1.33. The maximum Gasteiger partial charge on any atom is 0.413 e. The number of carbonyl (C=O) groups excluding carboxylic acids is 1. The number of amides is 1. The fourth-order valence-electron chi connectivity index (χ4n) is 3.86. The highest BCUT2D eigenvalue weighted by Crippen LogP contribution is 2.54. The molecule has 1 aromatic carbocycles. The molecule has 0 bridgehead atoms. The lowest BCUT2D eigenvalue weighted by Crippen LogP contribution is -2.19. The number of fused-ring (bicyclic) bond motifs is 1. The molecule has 184 valence electrons. The maximum absolute atomic E-state index is 15.0. The van der Waals surface area contributed by atoms with E-state index in [1.807, 2.05) is 6.07 Å². The number of rotatable bonds is 5. The number of carbonyl (C=O) groups is 2. The first-order valence-electron chi connectivity index (χ1n) is 10.9. The van der Waals surface area contributed by atoms with Crippen molar-refractivity contribution in [3.8, 4) is 11.8 Å². The van der Waals surface area contributed by atoms with Gasteiger partial charge < -0.3 is 9.84 Å². The molecule has 0 spiro atoms. The van der Waals surface area contributed by atoms with Crippen LogP contribution in [-0.4, -0.2) is 26.9 Å². The van der Waals surface area contributed by atoms with Gasteiger partial charge >= 0.3 is 12.1 Å². The van der Waals surface area contributed by atoms with Crippen LogP contribution in [0.2, 0.25) is 5.02 Å². The number of aromatic nitrogens is 2. The number of carboxylic acids is 1. The van der Waals surface area contributed by atoms with Crippen LogP contribution in [0.25, 0.3) is 9.40 Å². The number of benzene rings is 1. The molecule has 7 nitrogen and oxygen atoms in total. The summed E-state index contributed by atoms with van der Waals surface area (Å²) in [4.78, 5) is 25.0. The predicted molar refractivity (Wildman–Crippen MR) is 137 cm³/mol. The van der Waals surface area contributed by atoms with Gasteiger partial charge in [-0.05, 0) is 31.9 Å². The Kier molecular flexibility index (Phi) is 6.24. The second-order valence-corrected chi connectivity index (χ2v) is 11.2. The van der Waals surface area contributed by atoms with E-state index in [0.29, 0.717) is 54.0 Å². The van der Waals surface area contributed by atoms with Crippen LogP contribution in [0.3, 0.4) is 0 Å². The van der Waals surface area contributed by atoms with Gasteiger partial charge in [0.1, 0.15) is 23.2 Å². The molecule has 1 fully saturated rings. The van der Waals surface area contributed by atoms with Crippen LogP contribution in [0, 0.1) is 17.7 Å². The molecule has 0 radical (unpaired) electrons. The van der Waals surface area contributed by atoms with Crippen molar-refractivity contribution in [3.63, 3.8) is 0 Å². The zero-order chi connectivity index (χ0) is 25.6. The molecule has 5 rings (SSSR count). The number of nitrogens with one attached hydrogen (secondary N) is 1. The second-order valence-electron chi connectivity index (χ2n) is 8.42. The molecule has 2 N–H and O–H groups in total. The summed E-state index contributed by atoms with van der Waals surface area (Å²) in [5, 5.41) is 17.2. The Morgan fingerprint density at radius 1 is 1.31 bits per heavy atom. The highest BCUT2D eigenvalue weighted by Gasteiger charge is 2.54. The lowest BCUT2D eigenvalue weighted by molar-refractivity contribution is -0.140. The van der Waals surface area contributed by atoms with Gasteiger partial charge in [0.15, 0.2) is 0 Å². The summed E-state index contributed by atoms with van der Waals surface area (Å²) < 4.78 is 22.6. The van der Waals surface area contributed by atoms with Gasteiger partial charge in [0.2, 0.25) is 0 Å². The van der Waals surface area contributed by atoms with E-state index in [2.05, 4.69) is 22.3 Å². The molecule has 0 saturated heterocycles. The molecule has 3 aromatic heterocycles. The predicted octanol–water partition coefficient (Wildman–Crippen LogP) is 6.31. The quantitative estimate of drug-likeness (QED) is 0.287. The first-order valence-corrected chi connectivity index (χ1v) is 12.9. The average Bonchev–Trinajstić information content (AvgIpc) is 3.32. The third-order valence-electron chi connectivity index (χ3n) is 6.03. The second kappa shape index (κ2) is 9.24. The van der Waals surface area contributed by atoms with Crippen molar-refractivity contribution < 1.29 is 23.8 Å². The van der Waals surface area contributed by atoms with Crippen LogP contribution in [0.1, 0.15) is 46.8 Å². The molecular formula is C25H19ClFN3O4S2. The molecule has 11 heteroatoms. The molecule has 36 heavy (non-hydrogen) atoms. The molecule has 1 atom stereocenters. The van der Waals surface area contributed by atoms with Crippen molar-refractivity contribution in [2.45, 2.75) is 31.3 Å². The maximum atomic E-state index is 15.0. The molecule has 1 saturated carbocycles. The molecule has 1 unspecified atom stereocenters. The van der Waals surface area contributed by atoms with E-state index in [9.17, 15) is 19.1 Å². The monoisotopic (exact) mass is 543 g/mol. The number of aliphatic carboxylic acids is 1. The third kappa shape index (κ3) is 4.34. The normalized spacial score (nSPS) is 14.7. The summed E-state index contributed by atoms with van der Waals surface area (Å²) in [6, 6.07) is 8.74. The van der Waals surface area contributed by atoms with Crippen LogP contribution < -0.4 is 5.32 Å². The lowest BCUT2D eigenvalue weighted by Gasteiger charge is -2.15. The Morgan fingerprint density at radius 3 is 2.72 bits per heavy atom. The molecule has 1 amide bonds. The van der Waals surface area contributed by atoms with Crippen LogP contribution in [0.5, 0.6) is 0 Å². The highest BCUT2D eigenvalue weighted by atomic mass is 35.5. The standard InChI is InChI=1S/C25H19ClFN3O4S2/c1-13(16-5-3-4-6-18(16)26)34-24(33)29-21-14(12-28-30(21)2)7-8-15-11-17-19(27)20(36-22(17)35-15)25(9-10-25)23(31)32/h3-6,11-13H,9-10H2,1-2H3,(H,29,33)(H,31,32). The number of halogens is 2. The van der Waals surface area contributed by atoms with Gasteiger partial charge in [0.25, 0.3) is 0 Å². The SMILES string of the molecule is CC(OC(=O)Nc1c(C#Cc2cc3c(F)c(C4(C(=O)O)CC4)sc3s2)cnn1C)c1ccccc1Cl. The third-order valence-corrected chi connectivity index (χ3v) is 8.90. The van der Waals surface area contributed by atoms with Crippen molar-refractivity contribution >= 4 is 61.6 Å². The van der Waals surface area contributed by atoms with E-state index in [-0.39, 0.29) is 0 Å². The van der Waals surface area contributed by atoms with E-state index in [4.69, 9.17) is 16.3 Å². The minimum Gasteiger partial charge on any atom is -0.481 e. The number of hydrogen-bond acceptors (Lipinski definition) is 6. The number of carboxylic acid groups (broad SMARTS) is 1. The molecule has 4 aromatic rings. The van der Waals surface area contributed by atoms with Crippen molar-refractivity contribution in [1.82, 2.24) is 9.78 Å². The van der Waals surface area contributed by atoms with Crippen molar-refractivity contribution in [2.75, 3.05) is 5.32 Å².